The minimum Gasteiger partial charge on any atom is -0.445 e. The van der Waals surface area contributed by atoms with Gasteiger partial charge < -0.3 is 24.4 Å². The highest BCUT2D eigenvalue weighted by Crippen LogP contribution is 2.37. The van der Waals surface area contributed by atoms with Crippen molar-refractivity contribution in [3.63, 3.8) is 0 Å². The van der Waals surface area contributed by atoms with Crippen LogP contribution in [0.3, 0.4) is 0 Å². The van der Waals surface area contributed by atoms with E-state index in [0.29, 0.717) is 12.6 Å². The molecular formula is C21H30N2O4. The van der Waals surface area contributed by atoms with Gasteiger partial charge in [-0.25, -0.2) is 4.79 Å². The van der Waals surface area contributed by atoms with Crippen LogP contribution < -0.4 is 5.32 Å². The second-order valence-electron chi connectivity index (χ2n) is 7.86. The molecule has 0 atom stereocenters. The van der Waals surface area contributed by atoms with E-state index in [1.54, 1.807) is 0 Å². The van der Waals surface area contributed by atoms with Crippen molar-refractivity contribution in [2.45, 2.75) is 63.0 Å². The van der Waals surface area contributed by atoms with Gasteiger partial charge in [-0.1, -0.05) is 30.3 Å². The molecule has 1 amide bonds. The molecule has 3 aliphatic rings. The zero-order valence-corrected chi connectivity index (χ0v) is 15.9. The number of amides is 1. The summed E-state index contributed by atoms with van der Waals surface area (Å²) >= 11 is 0. The molecule has 3 fully saturated rings. The summed E-state index contributed by atoms with van der Waals surface area (Å²) in [6, 6.07) is 10.6. The maximum absolute atomic E-state index is 12.0. The van der Waals surface area contributed by atoms with Gasteiger partial charge in [-0.2, -0.15) is 0 Å². The van der Waals surface area contributed by atoms with E-state index in [1.807, 2.05) is 30.3 Å². The third-order valence-corrected chi connectivity index (χ3v) is 6.11. The SMILES string of the molecule is O=C(NC1CCN(C2CCC3(CC2)OCCO3)CC1)OCc1ccccc1. The molecule has 1 N–H and O–H groups in total. The summed E-state index contributed by atoms with van der Waals surface area (Å²) in [7, 11) is 0. The summed E-state index contributed by atoms with van der Waals surface area (Å²) < 4.78 is 17.0. The Kier molecular flexibility index (Phi) is 5.95. The topological polar surface area (TPSA) is 60.0 Å². The van der Waals surface area contributed by atoms with Crippen molar-refractivity contribution in [3.8, 4) is 0 Å². The summed E-state index contributed by atoms with van der Waals surface area (Å²) in [6.45, 7) is 3.86. The number of hydrogen-bond donors (Lipinski definition) is 1. The molecule has 6 nitrogen and oxygen atoms in total. The third kappa shape index (κ3) is 4.81. The van der Waals surface area contributed by atoms with E-state index in [0.717, 1.165) is 70.4 Å². The van der Waals surface area contributed by atoms with Crippen molar-refractivity contribution in [2.75, 3.05) is 26.3 Å². The Morgan fingerprint density at radius 2 is 1.74 bits per heavy atom. The predicted octanol–water partition coefficient (Wildman–Crippen LogP) is 3.06. The molecule has 1 saturated carbocycles. The second kappa shape index (κ2) is 8.59. The number of hydrogen-bond acceptors (Lipinski definition) is 5. The van der Waals surface area contributed by atoms with Crippen LogP contribution in [0.1, 0.15) is 44.1 Å². The molecular weight excluding hydrogens is 344 g/mol. The number of ether oxygens (including phenoxy) is 3. The minimum absolute atomic E-state index is 0.209. The first-order valence-electron chi connectivity index (χ1n) is 10.2. The lowest BCUT2D eigenvalue weighted by Crippen LogP contribution is -2.50. The molecule has 0 bridgehead atoms. The number of carbonyl (C=O) groups is 1. The summed E-state index contributed by atoms with van der Waals surface area (Å²) in [5.74, 6) is -0.279. The smallest absolute Gasteiger partial charge is 0.407 e. The molecule has 2 heterocycles. The first-order chi connectivity index (χ1) is 13.2. The van der Waals surface area contributed by atoms with Gasteiger partial charge in [-0.3, -0.25) is 0 Å². The summed E-state index contributed by atoms with van der Waals surface area (Å²) in [6.07, 6.45) is 5.93. The van der Waals surface area contributed by atoms with Gasteiger partial charge in [0.25, 0.3) is 0 Å². The Labute approximate surface area is 161 Å². The van der Waals surface area contributed by atoms with Crippen LogP contribution >= 0.6 is 0 Å². The van der Waals surface area contributed by atoms with Crippen LogP contribution in [-0.2, 0) is 20.8 Å². The van der Waals surface area contributed by atoms with Crippen LogP contribution in [0.4, 0.5) is 4.79 Å². The lowest BCUT2D eigenvalue weighted by atomic mass is 9.88. The standard InChI is InChI=1S/C21H30N2O4/c24-20(25-16-17-4-2-1-3-5-17)22-18-8-12-23(13-9-18)19-6-10-21(11-7-19)26-14-15-27-21/h1-5,18-19H,6-16H2,(H,22,24). The number of nitrogens with one attached hydrogen (secondary N) is 1. The fourth-order valence-electron chi connectivity index (χ4n) is 4.53. The maximum atomic E-state index is 12.0. The Bertz CT molecular complexity index is 600. The molecule has 2 saturated heterocycles. The van der Waals surface area contributed by atoms with Gasteiger partial charge >= 0.3 is 6.09 Å². The third-order valence-electron chi connectivity index (χ3n) is 6.11. The number of nitrogens with zero attached hydrogens (tertiary/aromatic N) is 1. The van der Waals surface area contributed by atoms with E-state index in [-0.39, 0.29) is 17.9 Å². The highest BCUT2D eigenvalue weighted by Gasteiger charge is 2.41. The molecule has 1 aromatic rings. The summed E-state index contributed by atoms with van der Waals surface area (Å²) in [5, 5.41) is 3.02. The molecule has 1 spiro atoms. The number of rotatable bonds is 4. The van der Waals surface area contributed by atoms with E-state index in [1.165, 1.54) is 0 Å². The molecule has 27 heavy (non-hydrogen) atoms. The molecule has 1 aliphatic carbocycles. The van der Waals surface area contributed by atoms with Crippen LogP contribution in [0.2, 0.25) is 0 Å². The van der Waals surface area contributed by atoms with E-state index in [2.05, 4.69) is 10.2 Å². The lowest BCUT2D eigenvalue weighted by Gasteiger charge is -2.43. The second-order valence-corrected chi connectivity index (χ2v) is 7.86. The first-order valence-corrected chi connectivity index (χ1v) is 10.2. The van der Waals surface area contributed by atoms with Crippen molar-refractivity contribution in [2.24, 2.45) is 0 Å². The predicted molar refractivity (Wildman–Crippen MR) is 101 cm³/mol. The van der Waals surface area contributed by atoms with Gasteiger partial charge in [0.1, 0.15) is 6.61 Å². The molecule has 1 aromatic carbocycles. The molecule has 148 valence electrons. The van der Waals surface area contributed by atoms with Gasteiger partial charge in [0.05, 0.1) is 13.2 Å². The van der Waals surface area contributed by atoms with Crippen LogP contribution in [-0.4, -0.2) is 55.2 Å². The van der Waals surface area contributed by atoms with Gasteiger partial charge in [0.15, 0.2) is 5.79 Å². The van der Waals surface area contributed by atoms with Crippen molar-refractivity contribution >= 4 is 6.09 Å². The number of alkyl carbamates (subject to hydrolysis) is 1. The molecule has 6 heteroatoms. The summed E-state index contributed by atoms with van der Waals surface area (Å²) in [4.78, 5) is 14.6. The zero-order chi connectivity index (χ0) is 18.5. The molecule has 0 radical (unpaired) electrons. The van der Waals surface area contributed by atoms with Crippen molar-refractivity contribution < 1.29 is 19.0 Å². The summed E-state index contributed by atoms with van der Waals surface area (Å²) in [5.41, 5.74) is 1.01. The van der Waals surface area contributed by atoms with Crippen LogP contribution in [0.25, 0.3) is 0 Å². The Balaban J connectivity index is 1.15. The van der Waals surface area contributed by atoms with Crippen LogP contribution in [0.5, 0.6) is 0 Å². The average Bonchev–Trinajstić information content (AvgIpc) is 3.16. The Morgan fingerprint density at radius 1 is 1.07 bits per heavy atom. The zero-order valence-electron chi connectivity index (χ0n) is 15.9. The average molecular weight is 374 g/mol. The molecule has 0 unspecified atom stereocenters. The first kappa shape index (κ1) is 18.7. The van der Waals surface area contributed by atoms with Gasteiger partial charge in [-0.05, 0) is 31.2 Å². The van der Waals surface area contributed by atoms with Crippen molar-refractivity contribution in [1.82, 2.24) is 10.2 Å². The number of benzene rings is 1. The van der Waals surface area contributed by atoms with Gasteiger partial charge in [-0.15, -0.1) is 0 Å². The fourth-order valence-corrected chi connectivity index (χ4v) is 4.53. The highest BCUT2D eigenvalue weighted by molar-refractivity contribution is 5.67. The normalized spacial score (nSPS) is 24.1. The van der Waals surface area contributed by atoms with E-state index < -0.39 is 0 Å². The quantitative estimate of drug-likeness (QED) is 0.878. The lowest BCUT2D eigenvalue weighted by molar-refractivity contribution is -0.184. The van der Waals surface area contributed by atoms with E-state index >= 15 is 0 Å². The van der Waals surface area contributed by atoms with Crippen molar-refractivity contribution in [1.29, 1.82) is 0 Å². The monoisotopic (exact) mass is 374 g/mol. The van der Waals surface area contributed by atoms with Crippen LogP contribution in [0, 0.1) is 0 Å². The van der Waals surface area contributed by atoms with Gasteiger partial charge in [0, 0.05) is 38.0 Å². The largest absolute Gasteiger partial charge is 0.445 e. The Morgan fingerprint density at radius 3 is 2.41 bits per heavy atom. The van der Waals surface area contributed by atoms with Crippen molar-refractivity contribution in [3.05, 3.63) is 35.9 Å². The molecule has 4 rings (SSSR count). The van der Waals surface area contributed by atoms with E-state index in [9.17, 15) is 4.79 Å². The fraction of sp³-hybridized carbons (Fsp3) is 0.667. The number of carbonyl (C=O) groups excluding carboxylic acids is 1. The number of likely N-dealkylation sites (tertiary alicyclic amines) is 1. The molecule has 0 aromatic heterocycles. The van der Waals surface area contributed by atoms with E-state index in [4.69, 9.17) is 14.2 Å². The van der Waals surface area contributed by atoms with Crippen LogP contribution in [0.15, 0.2) is 30.3 Å². The highest BCUT2D eigenvalue weighted by atomic mass is 16.7. The number of piperidine rings is 1. The maximum Gasteiger partial charge on any atom is 0.407 e. The Hall–Kier alpha value is -1.63. The molecule has 2 aliphatic heterocycles. The minimum atomic E-state index is -0.313. The van der Waals surface area contributed by atoms with Gasteiger partial charge in [0.2, 0.25) is 0 Å².